The van der Waals surface area contributed by atoms with Gasteiger partial charge in [0.05, 0.1) is 6.20 Å². The van der Waals surface area contributed by atoms with Crippen molar-refractivity contribution in [2.75, 3.05) is 6.38 Å². The molecule has 0 atom stereocenters. The van der Waals surface area contributed by atoms with E-state index in [9.17, 15) is 9.18 Å². The molecule has 0 aromatic carbocycles. The van der Waals surface area contributed by atoms with Crippen molar-refractivity contribution in [3.05, 3.63) is 138 Å². The Hall–Kier alpha value is -4.96. The number of rotatable bonds is 1. The van der Waals surface area contributed by atoms with Crippen molar-refractivity contribution in [2.24, 2.45) is 0 Å². The second-order valence-corrected chi connectivity index (χ2v) is 8.46. The zero-order valence-electron chi connectivity index (χ0n) is 25.0. The predicted octanol–water partition coefficient (Wildman–Crippen LogP) is 7.69. The van der Waals surface area contributed by atoms with Gasteiger partial charge in [-0.05, 0) is 93.3 Å². The molecule has 3 N–H and O–H groups in total. The molecule has 0 radical (unpaired) electrons. The molecule has 5 aromatic heterocycles. The molecule has 44 heavy (non-hydrogen) atoms. The Labute approximate surface area is 264 Å². The summed E-state index contributed by atoms with van der Waals surface area (Å²) in [6, 6.07) is 12.1. The van der Waals surface area contributed by atoms with Crippen LogP contribution in [0.3, 0.4) is 0 Å². The average Bonchev–Trinajstić information content (AvgIpc) is 3.01. The lowest BCUT2D eigenvalue weighted by atomic mass is 10.2. The Morgan fingerprint density at radius 1 is 0.659 bits per heavy atom. The summed E-state index contributed by atoms with van der Waals surface area (Å²) in [7, 11) is 0. The van der Waals surface area contributed by atoms with Crippen molar-refractivity contribution in [3.8, 4) is 11.5 Å². The number of aromatic nitrogens is 5. The number of alkyl halides is 1. The van der Waals surface area contributed by atoms with Gasteiger partial charge in [-0.2, -0.15) is 0 Å². The Morgan fingerprint density at radius 3 is 1.48 bits per heavy atom. The largest absolute Gasteiger partial charge is 0.506 e. The highest BCUT2D eigenvalue weighted by atomic mass is 35.5. The smallest absolute Gasteiger partial charge is 0.358 e. The fourth-order valence-electron chi connectivity index (χ4n) is 2.51. The number of carbonyl (C=O) groups is 1. The first-order chi connectivity index (χ1) is 20.5. The summed E-state index contributed by atoms with van der Waals surface area (Å²) >= 11 is 4.64. The molecule has 9 nitrogen and oxygen atoms in total. The van der Waals surface area contributed by atoms with Gasteiger partial charge in [0.1, 0.15) is 11.6 Å². The topological polar surface area (TPSA) is 142 Å². The van der Waals surface area contributed by atoms with E-state index >= 15 is 0 Å². The summed E-state index contributed by atoms with van der Waals surface area (Å²) in [6.07, 6.45) is 16.0. The van der Waals surface area contributed by atoms with E-state index in [1.54, 1.807) is 44.4 Å². The third-order valence-electron chi connectivity index (χ3n) is 5.04. The van der Waals surface area contributed by atoms with Crippen LogP contribution in [0.2, 0.25) is 0 Å². The van der Waals surface area contributed by atoms with Gasteiger partial charge in [-0.25, -0.2) is 14.2 Å². The van der Waals surface area contributed by atoms with Crippen LogP contribution in [0.15, 0.2) is 98.2 Å². The molecule has 0 aliphatic carbocycles. The van der Waals surface area contributed by atoms with Crippen molar-refractivity contribution in [3.63, 3.8) is 0 Å². The molecule has 236 valence electrons. The molecule has 0 aliphatic rings. The Kier molecular flexibility index (Phi) is 23.0. The third kappa shape index (κ3) is 18.5. The number of nitrogens with zero attached hydrogens (tertiary/aromatic N) is 5. The van der Waals surface area contributed by atoms with Gasteiger partial charge in [0.25, 0.3) is 0 Å². The summed E-state index contributed by atoms with van der Waals surface area (Å²) in [6.45, 7) is 9.46. The number of carboxylic acid groups (broad SMARTS) is 1. The monoisotopic (exact) mass is 625 g/mol. The van der Waals surface area contributed by atoms with Gasteiger partial charge in [0.2, 0.25) is 0 Å². The molecule has 0 spiro atoms. The van der Waals surface area contributed by atoms with Gasteiger partial charge in [-0.1, -0.05) is 13.5 Å². The van der Waals surface area contributed by atoms with E-state index in [-0.39, 0.29) is 30.4 Å². The molecule has 5 aromatic rings. The van der Waals surface area contributed by atoms with Crippen molar-refractivity contribution >= 4 is 17.6 Å². The van der Waals surface area contributed by atoms with Crippen molar-refractivity contribution in [2.45, 2.75) is 42.0 Å². The maximum Gasteiger partial charge on any atom is 0.358 e. The van der Waals surface area contributed by atoms with Crippen LogP contribution in [-0.2, 0) is 0 Å². The van der Waals surface area contributed by atoms with Crippen LogP contribution in [0.5, 0.6) is 11.5 Å². The SMILES string of the molecule is C.CCl.Cc1cccnc1.Cc1ccnc(C(=O)O)c1O.Cc1ccncc1C.Cc1cnccc1F.Oc1cccnc1. The molecule has 0 saturated heterocycles. The molecule has 5 heterocycles. The van der Waals surface area contributed by atoms with E-state index in [4.69, 9.17) is 15.3 Å². The first-order valence-electron chi connectivity index (χ1n) is 12.7. The van der Waals surface area contributed by atoms with Crippen LogP contribution in [0.4, 0.5) is 4.39 Å². The first-order valence-corrected chi connectivity index (χ1v) is 13.4. The van der Waals surface area contributed by atoms with E-state index in [0.29, 0.717) is 11.1 Å². The lowest BCUT2D eigenvalue weighted by molar-refractivity contribution is 0.0686. The average molecular weight is 626 g/mol. The van der Waals surface area contributed by atoms with Crippen LogP contribution in [0.25, 0.3) is 0 Å². The standard InChI is InChI=1S/C7H7NO3.C7H9N.C6H6FN.C6H7N.C5H5NO.CH3Cl.CH4/c1-4-2-3-8-5(6(4)9)7(10)11;1-6-3-4-8-5-7(6)2;1-5-4-8-3-2-6(5)7;1-6-3-2-4-7-5-6;7-5-2-1-3-6-4-5;1-2;/h2-3,9H,1H3,(H,10,11);3-5H,1-2H3;2-4H,1H3;2-5H,1H3;1-4,7H;1H3;1H4. The second-order valence-electron chi connectivity index (χ2n) is 8.46. The summed E-state index contributed by atoms with van der Waals surface area (Å²) in [5.74, 6) is -1.46. The highest BCUT2D eigenvalue weighted by Crippen LogP contribution is 2.18. The zero-order chi connectivity index (χ0) is 32.6. The van der Waals surface area contributed by atoms with Crippen LogP contribution >= 0.6 is 11.6 Å². The number of hydrogen-bond acceptors (Lipinski definition) is 8. The van der Waals surface area contributed by atoms with E-state index in [1.807, 2.05) is 43.7 Å². The van der Waals surface area contributed by atoms with Gasteiger partial charge >= 0.3 is 5.97 Å². The molecule has 0 unspecified atom stereocenters. The Bertz CT molecular complexity index is 1340. The highest BCUT2D eigenvalue weighted by Gasteiger charge is 2.11. The maximum atomic E-state index is 12.3. The van der Waals surface area contributed by atoms with Gasteiger partial charge in [0.15, 0.2) is 11.4 Å². The lowest BCUT2D eigenvalue weighted by Crippen LogP contribution is -2.00. The molecule has 0 amide bonds. The Morgan fingerprint density at radius 2 is 1.18 bits per heavy atom. The molecular formula is C33H41ClFN5O4. The fraction of sp³-hybridized carbons (Fsp3) is 0.212. The number of carboxylic acids is 1. The van der Waals surface area contributed by atoms with Gasteiger partial charge in [-0.3, -0.25) is 19.9 Å². The van der Waals surface area contributed by atoms with E-state index in [1.165, 1.54) is 53.9 Å². The Balaban J connectivity index is 0. The summed E-state index contributed by atoms with van der Waals surface area (Å²) < 4.78 is 12.3. The third-order valence-corrected chi connectivity index (χ3v) is 5.04. The first kappa shape index (κ1) is 41.2. The van der Waals surface area contributed by atoms with E-state index in [2.05, 4.69) is 50.4 Å². The van der Waals surface area contributed by atoms with E-state index in [0.717, 1.165) is 0 Å². The minimum atomic E-state index is -1.22. The molecule has 5 rings (SSSR count). The number of hydrogen-bond donors (Lipinski definition) is 3. The predicted molar refractivity (Wildman–Crippen MR) is 174 cm³/mol. The number of aromatic hydroxyl groups is 2. The van der Waals surface area contributed by atoms with E-state index < -0.39 is 5.97 Å². The maximum absolute atomic E-state index is 12.3. The summed E-state index contributed by atoms with van der Waals surface area (Å²) in [5, 5.41) is 26.2. The quantitative estimate of drug-likeness (QED) is 0.160. The molecule has 0 fully saturated rings. The van der Waals surface area contributed by atoms with Crippen LogP contribution in [0.1, 0.15) is 45.7 Å². The van der Waals surface area contributed by atoms with Gasteiger partial charge < -0.3 is 15.3 Å². The number of aromatic carboxylic acids is 1. The molecule has 0 aliphatic heterocycles. The number of pyridine rings is 5. The molecular weight excluding hydrogens is 585 g/mol. The fourth-order valence-corrected chi connectivity index (χ4v) is 2.51. The minimum absolute atomic E-state index is 0. The summed E-state index contributed by atoms with van der Waals surface area (Å²) in [4.78, 5) is 29.0. The minimum Gasteiger partial charge on any atom is -0.506 e. The van der Waals surface area contributed by atoms with Crippen molar-refractivity contribution in [1.82, 2.24) is 24.9 Å². The van der Waals surface area contributed by atoms with Gasteiger partial charge in [-0.15, -0.1) is 11.6 Å². The number of aryl methyl sites for hydroxylation is 5. The summed E-state index contributed by atoms with van der Waals surface area (Å²) in [5.41, 5.74) is 4.57. The highest BCUT2D eigenvalue weighted by molar-refractivity contribution is 6.15. The normalized spacial score (nSPS) is 8.64. The van der Waals surface area contributed by atoms with Crippen molar-refractivity contribution < 1.29 is 24.5 Å². The lowest BCUT2D eigenvalue weighted by Gasteiger charge is -1.99. The zero-order valence-corrected chi connectivity index (χ0v) is 25.7. The molecule has 11 heteroatoms. The molecule has 0 bridgehead atoms. The number of halogens is 2. The molecule has 0 saturated carbocycles. The van der Waals surface area contributed by atoms with Crippen molar-refractivity contribution in [1.29, 1.82) is 0 Å². The van der Waals surface area contributed by atoms with Crippen LogP contribution < -0.4 is 0 Å². The van der Waals surface area contributed by atoms with Crippen LogP contribution in [0, 0.1) is 40.4 Å². The second kappa shape index (κ2) is 24.6. The van der Waals surface area contributed by atoms with Gasteiger partial charge in [0, 0.05) is 61.5 Å². The van der Waals surface area contributed by atoms with Crippen LogP contribution in [-0.4, -0.2) is 52.6 Å².